The van der Waals surface area contributed by atoms with Gasteiger partial charge in [0.1, 0.15) is 17.9 Å². The second-order valence-electron chi connectivity index (χ2n) is 6.99. The third kappa shape index (κ3) is 3.76. The van der Waals surface area contributed by atoms with Crippen LogP contribution in [0.1, 0.15) is 24.2 Å². The highest BCUT2D eigenvalue weighted by molar-refractivity contribution is 6.05. The van der Waals surface area contributed by atoms with Crippen LogP contribution in [-0.2, 0) is 9.59 Å². The summed E-state index contributed by atoms with van der Waals surface area (Å²) in [5, 5.41) is 4.93. The number of rotatable bonds is 4. The number of piperazine rings is 1. The Morgan fingerprint density at radius 2 is 1.85 bits per heavy atom. The number of carbonyl (C=O) groups is 4. The minimum Gasteiger partial charge on any atom is -0.340 e. The van der Waals surface area contributed by atoms with Crippen LogP contribution in [0, 0.1) is 11.7 Å². The molecule has 2 atom stereocenters. The van der Waals surface area contributed by atoms with Crippen LogP contribution < -0.4 is 10.6 Å². The first-order valence-electron chi connectivity index (χ1n) is 8.74. The third-order valence-electron chi connectivity index (χ3n) is 4.81. The van der Waals surface area contributed by atoms with Crippen LogP contribution in [0.25, 0.3) is 0 Å². The number of nitrogens with zero attached hydrogens (tertiary/aromatic N) is 2. The molecule has 144 valence electrons. The van der Waals surface area contributed by atoms with Crippen molar-refractivity contribution in [1.29, 1.82) is 0 Å². The Morgan fingerprint density at radius 1 is 1.19 bits per heavy atom. The van der Waals surface area contributed by atoms with Crippen LogP contribution >= 0.6 is 0 Å². The fourth-order valence-electron chi connectivity index (χ4n) is 3.25. The van der Waals surface area contributed by atoms with Crippen molar-refractivity contribution in [3.63, 3.8) is 0 Å². The lowest BCUT2D eigenvalue weighted by Crippen LogP contribution is -2.59. The highest BCUT2D eigenvalue weighted by atomic mass is 19.1. The van der Waals surface area contributed by atoms with E-state index >= 15 is 0 Å². The number of carbonyl (C=O) groups excluding carboxylic acids is 4. The predicted molar refractivity (Wildman–Crippen MR) is 93.1 cm³/mol. The molecule has 2 saturated heterocycles. The van der Waals surface area contributed by atoms with Crippen LogP contribution in [0.2, 0.25) is 0 Å². The van der Waals surface area contributed by atoms with Crippen molar-refractivity contribution in [2.75, 3.05) is 19.6 Å². The molecule has 2 fully saturated rings. The number of amides is 5. The highest BCUT2D eigenvalue weighted by Gasteiger charge is 2.44. The smallest absolute Gasteiger partial charge is 0.324 e. The van der Waals surface area contributed by atoms with E-state index in [1.807, 2.05) is 0 Å². The van der Waals surface area contributed by atoms with Gasteiger partial charge in [-0.1, -0.05) is 13.8 Å². The molecule has 0 spiro atoms. The van der Waals surface area contributed by atoms with Crippen molar-refractivity contribution >= 4 is 23.8 Å². The van der Waals surface area contributed by atoms with Gasteiger partial charge in [-0.2, -0.15) is 0 Å². The SMILES string of the molecule is CC(C)[C@H](NC(=O)c1ccc(F)cc1)C(=O)N1CCN2C(=O)NC(=O)[C@H]2C1. The molecular weight excluding hydrogens is 355 g/mol. The summed E-state index contributed by atoms with van der Waals surface area (Å²) in [6, 6.07) is 3.11. The predicted octanol–water partition coefficient (Wildman–Crippen LogP) is 0.343. The highest BCUT2D eigenvalue weighted by Crippen LogP contribution is 2.18. The van der Waals surface area contributed by atoms with Gasteiger partial charge in [-0.25, -0.2) is 9.18 Å². The molecule has 0 bridgehead atoms. The molecule has 27 heavy (non-hydrogen) atoms. The Hall–Kier alpha value is -2.97. The number of hydrogen-bond acceptors (Lipinski definition) is 4. The van der Waals surface area contributed by atoms with Crippen LogP contribution in [-0.4, -0.2) is 65.3 Å². The van der Waals surface area contributed by atoms with Gasteiger partial charge in [0.2, 0.25) is 5.91 Å². The van der Waals surface area contributed by atoms with Gasteiger partial charge in [-0.3, -0.25) is 19.7 Å². The molecule has 5 amide bonds. The second kappa shape index (κ2) is 7.34. The van der Waals surface area contributed by atoms with E-state index in [-0.39, 0.29) is 37.0 Å². The van der Waals surface area contributed by atoms with Crippen LogP contribution in [0.5, 0.6) is 0 Å². The van der Waals surface area contributed by atoms with E-state index in [9.17, 15) is 23.6 Å². The Bertz CT molecular complexity index is 780. The zero-order chi connectivity index (χ0) is 19.7. The molecule has 9 heteroatoms. The lowest BCUT2D eigenvalue weighted by molar-refractivity contribution is -0.137. The quantitative estimate of drug-likeness (QED) is 0.741. The Kier molecular flexibility index (Phi) is 5.11. The van der Waals surface area contributed by atoms with Crippen molar-refractivity contribution in [1.82, 2.24) is 20.4 Å². The molecule has 2 aliphatic heterocycles. The van der Waals surface area contributed by atoms with Gasteiger partial charge in [-0.15, -0.1) is 0 Å². The van der Waals surface area contributed by atoms with E-state index < -0.39 is 35.7 Å². The molecule has 1 aromatic carbocycles. The Labute approximate surface area is 155 Å². The summed E-state index contributed by atoms with van der Waals surface area (Å²) in [5.74, 6) is -1.86. The number of hydrogen-bond donors (Lipinski definition) is 2. The summed E-state index contributed by atoms with van der Waals surface area (Å²) < 4.78 is 13.0. The Morgan fingerprint density at radius 3 is 2.48 bits per heavy atom. The second-order valence-corrected chi connectivity index (χ2v) is 6.99. The van der Waals surface area contributed by atoms with E-state index in [1.165, 1.54) is 34.1 Å². The summed E-state index contributed by atoms with van der Waals surface area (Å²) in [4.78, 5) is 51.8. The molecule has 0 unspecified atom stereocenters. The molecule has 0 aromatic heterocycles. The summed E-state index contributed by atoms with van der Waals surface area (Å²) in [6.07, 6.45) is 0. The average Bonchev–Trinajstić information content (AvgIpc) is 2.93. The zero-order valence-electron chi connectivity index (χ0n) is 15.1. The Balaban J connectivity index is 1.70. The monoisotopic (exact) mass is 376 g/mol. The van der Waals surface area contributed by atoms with Gasteiger partial charge in [0.25, 0.3) is 11.8 Å². The molecule has 0 aliphatic carbocycles. The van der Waals surface area contributed by atoms with E-state index in [0.29, 0.717) is 0 Å². The molecule has 1 aromatic rings. The first-order valence-corrected chi connectivity index (χ1v) is 8.74. The summed E-state index contributed by atoms with van der Waals surface area (Å²) >= 11 is 0. The number of nitrogens with one attached hydrogen (secondary N) is 2. The summed E-state index contributed by atoms with van der Waals surface area (Å²) in [6.45, 7) is 4.23. The molecule has 0 radical (unpaired) electrons. The fourth-order valence-corrected chi connectivity index (χ4v) is 3.25. The van der Waals surface area contributed by atoms with E-state index in [1.54, 1.807) is 13.8 Å². The van der Waals surface area contributed by atoms with E-state index in [0.717, 1.165) is 0 Å². The molecule has 3 rings (SSSR count). The number of fused-ring (bicyclic) bond motifs is 1. The summed E-state index contributed by atoms with van der Waals surface area (Å²) in [7, 11) is 0. The zero-order valence-corrected chi connectivity index (χ0v) is 15.1. The molecule has 2 aliphatic rings. The minimum absolute atomic E-state index is 0.0893. The lowest BCUT2D eigenvalue weighted by atomic mass is 10.0. The maximum absolute atomic E-state index is 13.0. The maximum atomic E-state index is 13.0. The number of benzene rings is 1. The molecule has 2 heterocycles. The molecule has 2 N–H and O–H groups in total. The van der Waals surface area contributed by atoms with Crippen LogP contribution in [0.4, 0.5) is 9.18 Å². The fraction of sp³-hybridized carbons (Fsp3) is 0.444. The average molecular weight is 376 g/mol. The first-order chi connectivity index (χ1) is 12.8. The van der Waals surface area contributed by atoms with Crippen molar-refractivity contribution in [2.24, 2.45) is 5.92 Å². The standard InChI is InChI=1S/C18H21FN4O4/c1-10(2)14(20-15(24)11-3-5-12(19)6-4-11)17(26)22-7-8-23-13(9-22)16(25)21-18(23)27/h3-6,10,13-14H,7-9H2,1-2H3,(H,20,24)(H,21,25,27)/t13-,14+/m1/s1. The molecule has 8 nitrogen and oxygen atoms in total. The maximum Gasteiger partial charge on any atom is 0.324 e. The van der Waals surface area contributed by atoms with E-state index in [2.05, 4.69) is 10.6 Å². The van der Waals surface area contributed by atoms with Crippen LogP contribution in [0.15, 0.2) is 24.3 Å². The largest absolute Gasteiger partial charge is 0.340 e. The summed E-state index contributed by atoms with van der Waals surface area (Å²) in [5.41, 5.74) is 0.250. The van der Waals surface area contributed by atoms with Gasteiger partial charge >= 0.3 is 6.03 Å². The van der Waals surface area contributed by atoms with Crippen molar-refractivity contribution in [3.05, 3.63) is 35.6 Å². The lowest BCUT2D eigenvalue weighted by Gasteiger charge is -2.37. The molecule has 0 saturated carbocycles. The van der Waals surface area contributed by atoms with Gasteiger partial charge in [-0.05, 0) is 30.2 Å². The van der Waals surface area contributed by atoms with Crippen LogP contribution in [0.3, 0.4) is 0 Å². The number of imide groups is 1. The molecular formula is C18H21FN4O4. The van der Waals surface area contributed by atoms with E-state index in [4.69, 9.17) is 0 Å². The third-order valence-corrected chi connectivity index (χ3v) is 4.81. The van der Waals surface area contributed by atoms with Gasteiger partial charge < -0.3 is 15.1 Å². The van der Waals surface area contributed by atoms with Crippen molar-refractivity contribution in [3.8, 4) is 0 Å². The normalized spacial score (nSPS) is 20.4. The minimum atomic E-state index is -0.797. The van der Waals surface area contributed by atoms with Crippen molar-refractivity contribution < 1.29 is 23.6 Å². The van der Waals surface area contributed by atoms with Gasteiger partial charge in [0, 0.05) is 18.7 Å². The van der Waals surface area contributed by atoms with Crippen molar-refractivity contribution in [2.45, 2.75) is 25.9 Å². The number of halogens is 1. The van der Waals surface area contributed by atoms with Gasteiger partial charge in [0.15, 0.2) is 0 Å². The first kappa shape index (κ1) is 18.8. The van der Waals surface area contributed by atoms with Gasteiger partial charge in [0.05, 0.1) is 6.54 Å². The number of urea groups is 1. The topological polar surface area (TPSA) is 98.8 Å².